The molecule has 29 heavy (non-hydrogen) atoms. The van der Waals surface area contributed by atoms with E-state index in [-0.39, 0.29) is 11.8 Å². The van der Waals surface area contributed by atoms with Crippen molar-refractivity contribution in [3.05, 3.63) is 23.8 Å². The van der Waals surface area contributed by atoms with Crippen LogP contribution in [0, 0.1) is 0 Å². The van der Waals surface area contributed by atoms with Crippen molar-refractivity contribution in [2.75, 3.05) is 39.1 Å². The van der Waals surface area contributed by atoms with Crippen LogP contribution in [0.3, 0.4) is 0 Å². The molecule has 1 saturated heterocycles. The van der Waals surface area contributed by atoms with Gasteiger partial charge in [-0.1, -0.05) is 6.07 Å². The minimum absolute atomic E-state index is 0.154. The molecular formula is C20H34N4O4S. The summed E-state index contributed by atoms with van der Waals surface area (Å²) < 4.78 is 36.6. The standard InChI is InChI=1S/C20H34N4O4S/c1-5-21-20(23-17-10-12-24(13-11-17)29(25,26)7-3)22-15-16-8-9-18(27-4)19(14-16)28-6-2/h8-9,14,17H,5-7,10-13,15H2,1-4H3,(H2,21,22,23). The number of methoxy groups -OCH3 is 1. The van der Waals surface area contributed by atoms with Crippen molar-refractivity contribution in [1.82, 2.24) is 14.9 Å². The first kappa shape index (κ1) is 23.3. The van der Waals surface area contributed by atoms with Gasteiger partial charge < -0.3 is 20.1 Å². The van der Waals surface area contributed by atoms with E-state index >= 15 is 0 Å². The Bertz CT molecular complexity index is 775. The second-order valence-corrected chi connectivity index (χ2v) is 9.09. The lowest BCUT2D eigenvalue weighted by Crippen LogP contribution is -2.50. The number of guanidine groups is 1. The maximum absolute atomic E-state index is 12.0. The predicted octanol–water partition coefficient (Wildman–Crippen LogP) is 1.96. The number of rotatable bonds is 9. The highest BCUT2D eigenvalue weighted by Gasteiger charge is 2.27. The Hall–Kier alpha value is -2.00. The summed E-state index contributed by atoms with van der Waals surface area (Å²) in [6, 6.07) is 6.01. The Balaban J connectivity index is 1.99. The van der Waals surface area contributed by atoms with Crippen LogP contribution in [0.15, 0.2) is 23.2 Å². The Labute approximate surface area is 174 Å². The second-order valence-electron chi connectivity index (χ2n) is 6.83. The van der Waals surface area contributed by atoms with Crippen LogP contribution < -0.4 is 20.1 Å². The molecule has 9 heteroatoms. The van der Waals surface area contributed by atoms with Crippen LogP contribution >= 0.6 is 0 Å². The van der Waals surface area contributed by atoms with E-state index < -0.39 is 10.0 Å². The summed E-state index contributed by atoms with van der Waals surface area (Å²) >= 11 is 0. The molecule has 0 spiro atoms. The van der Waals surface area contributed by atoms with Gasteiger partial charge in [0.05, 0.1) is 26.0 Å². The molecule has 1 aromatic rings. The largest absolute Gasteiger partial charge is 0.493 e. The summed E-state index contributed by atoms with van der Waals surface area (Å²) in [5.41, 5.74) is 1.02. The van der Waals surface area contributed by atoms with Crippen LogP contribution in [0.1, 0.15) is 39.2 Å². The van der Waals surface area contributed by atoms with Gasteiger partial charge in [0.15, 0.2) is 17.5 Å². The van der Waals surface area contributed by atoms with Gasteiger partial charge in [-0.25, -0.2) is 17.7 Å². The Kier molecular flexibility index (Phi) is 9.03. The molecule has 0 atom stereocenters. The molecule has 0 saturated carbocycles. The number of sulfonamides is 1. The number of piperidine rings is 1. The number of nitrogens with one attached hydrogen (secondary N) is 2. The fourth-order valence-corrected chi connectivity index (χ4v) is 4.36. The van der Waals surface area contributed by atoms with Gasteiger partial charge in [-0.15, -0.1) is 0 Å². The molecule has 1 aliphatic rings. The van der Waals surface area contributed by atoms with Gasteiger partial charge in [-0.05, 0) is 51.3 Å². The van der Waals surface area contributed by atoms with Crippen molar-refractivity contribution < 1.29 is 17.9 Å². The van der Waals surface area contributed by atoms with Gasteiger partial charge >= 0.3 is 0 Å². The zero-order chi connectivity index (χ0) is 21.3. The summed E-state index contributed by atoms with van der Waals surface area (Å²) in [7, 11) is -1.48. The highest BCUT2D eigenvalue weighted by Crippen LogP contribution is 2.28. The minimum atomic E-state index is -3.11. The first-order valence-electron chi connectivity index (χ1n) is 10.3. The number of benzene rings is 1. The van der Waals surface area contributed by atoms with Crippen LogP contribution in [-0.4, -0.2) is 63.8 Å². The lowest BCUT2D eigenvalue weighted by atomic mass is 10.1. The van der Waals surface area contributed by atoms with E-state index in [0.717, 1.165) is 30.9 Å². The molecule has 0 aliphatic carbocycles. The summed E-state index contributed by atoms with van der Waals surface area (Å²) in [4.78, 5) is 4.68. The Morgan fingerprint density at radius 3 is 2.52 bits per heavy atom. The molecule has 1 aromatic carbocycles. The average Bonchev–Trinajstić information content (AvgIpc) is 2.73. The fourth-order valence-electron chi connectivity index (χ4n) is 3.23. The van der Waals surface area contributed by atoms with Crippen LogP contribution in [0.2, 0.25) is 0 Å². The minimum Gasteiger partial charge on any atom is -0.493 e. The molecule has 0 aromatic heterocycles. The van der Waals surface area contributed by atoms with Gasteiger partial charge in [0.25, 0.3) is 0 Å². The molecule has 1 fully saturated rings. The van der Waals surface area contributed by atoms with Crippen LogP contribution in [0.5, 0.6) is 11.5 Å². The van der Waals surface area contributed by atoms with Crippen molar-refractivity contribution in [3.8, 4) is 11.5 Å². The van der Waals surface area contributed by atoms with Crippen molar-refractivity contribution in [2.45, 2.75) is 46.2 Å². The van der Waals surface area contributed by atoms with Crippen molar-refractivity contribution in [2.24, 2.45) is 4.99 Å². The highest BCUT2D eigenvalue weighted by atomic mass is 32.2. The van der Waals surface area contributed by atoms with E-state index in [2.05, 4.69) is 15.6 Å². The molecule has 1 heterocycles. The molecule has 1 aliphatic heterocycles. The van der Waals surface area contributed by atoms with Crippen LogP contribution in [-0.2, 0) is 16.6 Å². The normalized spacial score (nSPS) is 16.5. The molecule has 2 rings (SSSR count). The third-order valence-corrected chi connectivity index (χ3v) is 6.73. The second kappa shape index (κ2) is 11.3. The summed E-state index contributed by atoms with van der Waals surface area (Å²) in [6.45, 7) is 8.56. The SMILES string of the molecule is CCNC(=NCc1ccc(OC)c(OCC)c1)NC1CCN(S(=O)(=O)CC)CC1. The lowest BCUT2D eigenvalue weighted by molar-refractivity contribution is 0.306. The molecule has 8 nitrogen and oxygen atoms in total. The molecule has 0 radical (unpaired) electrons. The molecule has 0 unspecified atom stereocenters. The molecule has 164 valence electrons. The number of nitrogens with zero attached hydrogens (tertiary/aromatic N) is 2. The number of hydrogen-bond acceptors (Lipinski definition) is 5. The third kappa shape index (κ3) is 6.78. The van der Waals surface area contributed by atoms with Gasteiger partial charge in [0, 0.05) is 25.7 Å². The first-order chi connectivity index (χ1) is 13.9. The molecular weight excluding hydrogens is 392 g/mol. The van der Waals surface area contributed by atoms with Crippen molar-refractivity contribution in [1.29, 1.82) is 0 Å². The van der Waals surface area contributed by atoms with Gasteiger partial charge in [-0.2, -0.15) is 0 Å². The van der Waals surface area contributed by atoms with E-state index in [0.29, 0.717) is 37.7 Å². The van der Waals surface area contributed by atoms with Crippen LogP contribution in [0.25, 0.3) is 0 Å². The lowest BCUT2D eigenvalue weighted by Gasteiger charge is -2.32. The smallest absolute Gasteiger partial charge is 0.213 e. The van der Waals surface area contributed by atoms with E-state index in [4.69, 9.17) is 9.47 Å². The maximum atomic E-state index is 12.0. The first-order valence-corrected chi connectivity index (χ1v) is 11.9. The maximum Gasteiger partial charge on any atom is 0.213 e. The summed E-state index contributed by atoms with van der Waals surface area (Å²) in [6.07, 6.45) is 1.53. The van der Waals surface area contributed by atoms with Crippen LogP contribution in [0.4, 0.5) is 0 Å². The van der Waals surface area contributed by atoms with E-state index in [1.165, 1.54) is 0 Å². The Morgan fingerprint density at radius 1 is 1.21 bits per heavy atom. The quantitative estimate of drug-likeness (QED) is 0.463. The monoisotopic (exact) mass is 426 g/mol. The van der Waals surface area contributed by atoms with Gasteiger partial charge in [0.1, 0.15) is 0 Å². The Morgan fingerprint density at radius 2 is 1.93 bits per heavy atom. The fraction of sp³-hybridized carbons (Fsp3) is 0.650. The number of hydrogen-bond donors (Lipinski definition) is 2. The summed E-state index contributed by atoms with van der Waals surface area (Å²) in [5.74, 6) is 2.31. The van der Waals surface area contributed by atoms with Gasteiger partial charge in [0.2, 0.25) is 10.0 Å². The predicted molar refractivity (Wildman–Crippen MR) is 116 cm³/mol. The van der Waals surface area contributed by atoms with Crippen molar-refractivity contribution in [3.63, 3.8) is 0 Å². The zero-order valence-electron chi connectivity index (χ0n) is 17.9. The van der Waals surface area contributed by atoms with E-state index in [1.54, 1.807) is 18.3 Å². The number of aliphatic imine (C=N–C) groups is 1. The third-order valence-electron chi connectivity index (χ3n) is 4.84. The average molecular weight is 427 g/mol. The topological polar surface area (TPSA) is 92.3 Å². The van der Waals surface area contributed by atoms with E-state index in [9.17, 15) is 8.42 Å². The van der Waals surface area contributed by atoms with Crippen molar-refractivity contribution >= 4 is 16.0 Å². The van der Waals surface area contributed by atoms with Gasteiger partial charge in [-0.3, -0.25) is 0 Å². The molecule has 0 amide bonds. The highest BCUT2D eigenvalue weighted by molar-refractivity contribution is 7.89. The zero-order valence-corrected chi connectivity index (χ0v) is 18.7. The molecule has 2 N–H and O–H groups in total. The van der Waals surface area contributed by atoms with E-state index in [1.807, 2.05) is 32.0 Å². The molecule has 0 bridgehead atoms. The summed E-state index contributed by atoms with van der Waals surface area (Å²) in [5, 5.41) is 6.71. The number of ether oxygens (including phenoxy) is 2.